The molecule has 4 rings (SSSR count). The molecule has 0 radical (unpaired) electrons. The van der Waals surface area contributed by atoms with Gasteiger partial charge in [0.25, 0.3) is 0 Å². The van der Waals surface area contributed by atoms with Gasteiger partial charge in [0.2, 0.25) is 17.7 Å². The van der Waals surface area contributed by atoms with Gasteiger partial charge < -0.3 is 5.32 Å². The molecule has 2 fully saturated rings. The number of imide groups is 1. The normalized spacial score (nSPS) is 30.9. The summed E-state index contributed by atoms with van der Waals surface area (Å²) in [5.74, 6) is -0.161. The van der Waals surface area contributed by atoms with Gasteiger partial charge in [-0.3, -0.25) is 19.3 Å². The maximum absolute atomic E-state index is 12.7. The minimum atomic E-state index is -0.183. The van der Waals surface area contributed by atoms with Crippen LogP contribution in [0.2, 0.25) is 0 Å². The molecule has 1 saturated heterocycles. The largest absolute Gasteiger partial charge is 0.326 e. The molecular formula is C18H18N2O3. The predicted octanol–water partition coefficient (Wildman–Crippen LogP) is 2.35. The van der Waals surface area contributed by atoms with Gasteiger partial charge in [0.1, 0.15) is 0 Å². The van der Waals surface area contributed by atoms with Gasteiger partial charge in [0.15, 0.2) is 0 Å². The predicted molar refractivity (Wildman–Crippen MR) is 85.6 cm³/mol. The van der Waals surface area contributed by atoms with Gasteiger partial charge in [-0.2, -0.15) is 0 Å². The fraction of sp³-hybridized carbons (Fsp3) is 0.389. The fourth-order valence-electron chi connectivity index (χ4n) is 4.10. The third-order valence-corrected chi connectivity index (χ3v) is 5.20. The quantitative estimate of drug-likeness (QED) is 0.688. The smallest absolute Gasteiger partial charge is 0.238 e. The first kappa shape index (κ1) is 14.2. The molecule has 0 aromatic heterocycles. The number of amides is 3. The molecule has 1 saturated carbocycles. The van der Waals surface area contributed by atoms with Crippen LogP contribution in [0.5, 0.6) is 0 Å². The van der Waals surface area contributed by atoms with Gasteiger partial charge in [-0.15, -0.1) is 0 Å². The zero-order valence-electron chi connectivity index (χ0n) is 12.9. The van der Waals surface area contributed by atoms with E-state index in [9.17, 15) is 14.4 Å². The number of hydrogen-bond donors (Lipinski definition) is 1. The second kappa shape index (κ2) is 5.05. The average Bonchev–Trinajstić information content (AvgIpc) is 3.23. The van der Waals surface area contributed by atoms with E-state index in [1.165, 1.54) is 4.90 Å². The van der Waals surface area contributed by atoms with Gasteiger partial charge in [0.05, 0.1) is 17.5 Å². The lowest BCUT2D eigenvalue weighted by Crippen LogP contribution is -2.32. The molecule has 5 heteroatoms. The summed E-state index contributed by atoms with van der Waals surface area (Å²) in [6.07, 6.45) is 5.51. The first-order valence-electron chi connectivity index (χ1n) is 8.06. The molecule has 1 heterocycles. The first-order chi connectivity index (χ1) is 11.1. The number of benzene rings is 1. The first-order valence-corrected chi connectivity index (χ1v) is 8.06. The molecule has 118 valence electrons. The standard InChI is InChI=1S/C18H18N2O3/c1-2-14(21)19-12-5-7-13(8-6-12)20-17(22)15-10-3-4-11(9-10)16(15)18(20)23/h3-8,10-11,15-16H,2,9H2,1H3,(H,19,21)/t10-,11-,15-,16-/m0/s1. The van der Waals surface area contributed by atoms with Crippen LogP contribution in [0.1, 0.15) is 19.8 Å². The number of carbonyl (C=O) groups excluding carboxylic acids is 3. The van der Waals surface area contributed by atoms with E-state index < -0.39 is 0 Å². The van der Waals surface area contributed by atoms with Crippen molar-refractivity contribution >= 4 is 29.1 Å². The van der Waals surface area contributed by atoms with Gasteiger partial charge >= 0.3 is 0 Å². The third kappa shape index (κ3) is 2.03. The molecule has 3 aliphatic rings. The van der Waals surface area contributed by atoms with Crippen molar-refractivity contribution in [2.24, 2.45) is 23.7 Å². The molecule has 1 N–H and O–H groups in total. The van der Waals surface area contributed by atoms with E-state index in [0.29, 0.717) is 17.8 Å². The Kier molecular flexibility index (Phi) is 3.11. The van der Waals surface area contributed by atoms with Crippen LogP contribution in [-0.4, -0.2) is 17.7 Å². The Bertz CT molecular complexity index is 692. The highest BCUT2D eigenvalue weighted by Gasteiger charge is 2.59. The maximum atomic E-state index is 12.7. The Hall–Kier alpha value is -2.43. The molecule has 0 unspecified atom stereocenters. The summed E-state index contributed by atoms with van der Waals surface area (Å²) >= 11 is 0. The summed E-state index contributed by atoms with van der Waals surface area (Å²) in [6, 6.07) is 6.89. The Balaban J connectivity index is 1.58. The van der Waals surface area contributed by atoms with Crippen LogP contribution < -0.4 is 10.2 Å². The summed E-state index contributed by atoms with van der Waals surface area (Å²) in [5, 5.41) is 2.76. The number of hydrogen-bond acceptors (Lipinski definition) is 3. The summed E-state index contributed by atoms with van der Waals surface area (Å²) < 4.78 is 0. The van der Waals surface area contributed by atoms with Crippen LogP contribution in [0.15, 0.2) is 36.4 Å². The zero-order valence-corrected chi connectivity index (χ0v) is 12.9. The molecule has 1 aromatic carbocycles. The van der Waals surface area contributed by atoms with Crippen LogP contribution in [0, 0.1) is 23.7 Å². The second-order valence-corrected chi connectivity index (χ2v) is 6.46. The van der Waals surface area contributed by atoms with Crippen LogP contribution >= 0.6 is 0 Å². The summed E-state index contributed by atoms with van der Waals surface area (Å²) in [7, 11) is 0. The number of rotatable bonds is 3. The van der Waals surface area contributed by atoms with Gasteiger partial charge in [-0.1, -0.05) is 19.1 Å². The van der Waals surface area contributed by atoms with E-state index in [2.05, 4.69) is 17.5 Å². The number of fused-ring (bicyclic) bond motifs is 5. The zero-order chi connectivity index (χ0) is 16.1. The van der Waals surface area contributed by atoms with Crippen LogP contribution in [0.4, 0.5) is 11.4 Å². The lowest BCUT2D eigenvalue weighted by molar-refractivity contribution is -0.123. The van der Waals surface area contributed by atoms with Crippen molar-refractivity contribution in [2.75, 3.05) is 10.2 Å². The molecule has 0 spiro atoms. The number of allylic oxidation sites excluding steroid dienone is 2. The molecule has 4 atom stereocenters. The lowest BCUT2D eigenvalue weighted by Gasteiger charge is -2.17. The molecule has 2 aliphatic carbocycles. The Labute approximate surface area is 134 Å². The Morgan fingerprint density at radius 2 is 1.65 bits per heavy atom. The average molecular weight is 310 g/mol. The van der Waals surface area contributed by atoms with Crippen LogP contribution in [0.25, 0.3) is 0 Å². The van der Waals surface area contributed by atoms with E-state index in [0.717, 1.165) is 6.42 Å². The van der Waals surface area contributed by atoms with Crippen molar-refractivity contribution < 1.29 is 14.4 Å². The minimum absolute atomic E-state index is 0.0664. The topological polar surface area (TPSA) is 66.5 Å². The Morgan fingerprint density at radius 1 is 1.09 bits per heavy atom. The highest BCUT2D eigenvalue weighted by molar-refractivity contribution is 6.22. The van der Waals surface area contributed by atoms with Crippen molar-refractivity contribution in [1.82, 2.24) is 0 Å². The molecular weight excluding hydrogens is 292 g/mol. The molecule has 2 bridgehead atoms. The van der Waals surface area contributed by atoms with Crippen molar-refractivity contribution in [3.8, 4) is 0 Å². The number of nitrogens with zero attached hydrogens (tertiary/aromatic N) is 1. The molecule has 1 aliphatic heterocycles. The SMILES string of the molecule is CCC(=O)Nc1ccc(N2C(=O)[C@@H]3[C@@H](C2=O)[C@H]2C=C[C@H]3C2)cc1. The summed E-state index contributed by atoms with van der Waals surface area (Å²) in [4.78, 5) is 38.1. The lowest BCUT2D eigenvalue weighted by atomic mass is 9.85. The van der Waals surface area contributed by atoms with Crippen molar-refractivity contribution in [3.63, 3.8) is 0 Å². The van der Waals surface area contributed by atoms with E-state index in [1.807, 2.05) is 0 Å². The highest BCUT2D eigenvalue weighted by atomic mass is 16.2. The van der Waals surface area contributed by atoms with E-state index >= 15 is 0 Å². The Morgan fingerprint density at radius 3 is 2.17 bits per heavy atom. The summed E-state index contributed by atoms with van der Waals surface area (Å²) in [6.45, 7) is 1.78. The van der Waals surface area contributed by atoms with Gasteiger partial charge in [-0.25, -0.2) is 0 Å². The fourth-order valence-corrected chi connectivity index (χ4v) is 4.10. The van der Waals surface area contributed by atoms with Crippen LogP contribution in [0.3, 0.4) is 0 Å². The van der Waals surface area contributed by atoms with Gasteiger partial charge in [0, 0.05) is 12.1 Å². The molecule has 5 nitrogen and oxygen atoms in total. The van der Waals surface area contributed by atoms with Crippen molar-refractivity contribution in [1.29, 1.82) is 0 Å². The minimum Gasteiger partial charge on any atom is -0.326 e. The van der Waals surface area contributed by atoms with E-state index in [4.69, 9.17) is 0 Å². The number of anilines is 2. The summed E-state index contributed by atoms with van der Waals surface area (Å²) in [5.41, 5.74) is 1.25. The number of nitrogens with one attached hydrogen (secondary N) is 1. The van der Waals surface area contributed by atoms with E-state index in [1.54, 1.807) is 31.2 Å². The monoisotopic (exact) mass is 310 g/mol. The third-order valence-electron chi connectivity index (χ3n) is 5.20. The van der Waals surface area contributed by atoms with Crippen LogP contribution in [-0.2, 0) is 14.4 Å². The van der Waals surface area contributed by atoms with Gasteiger partial charge in [-0.05, 0) is 42.5 Å². The van der Waals surface area contributed by atoms with Crippen molar-refractivity contribution in [3.05, 3.63) is 36.4 Å². The number of carbonyl (C=O) groups is 3. The maximum Gasteiger partial charge on any atom is 0.238 e. The molecule has 3 amide bonds. The van der Waals surface area contributed by atoms with Crippen molar-refractivity contribution in [2.45, 2.75) is 19.8 Å². The second-order valence-electron chi connectivity index (χ2n) is 6.46. The van der Waals surface area contributed by atoms with E-state index in [-0.39, 0.29) is 41.4 Å². The molecule has 23 heavy (non-hydrogen) atoms. The molecule has 1 aromatic rings. The highest BCUT2D eigenvalue weighted by Crippen LogP contribution is 2.53.